The first-order valence-corrected chi connectivity index (χ1v) is 5.68. The molecule has 0 amide bonds. The first-order chi connectivity index (χ1) is 7.79. The lowest BCUT2D eigenvalue weighted by molar-refractivity contribution is -0.107. The number of hydrogen-bond acceptors (Lipinski definition) is 2. The third kappa shape index (κ3) is 2.60. The van der Waals surface area contributed by atoms with Gasteiger partial charge in [0.25, 0.3) is 0 Å². The molecule has 1 aromatic rings. The fourth-order valence-corrected chi connectivity index (χ4v) is 1.74. The first-order valence-electron chi connectivity index (χ1n) is 5.68. The van der Waals surface area contributed by atoms with Crippen molar-refractivity contribution in [1.82, 2.24) is 0 Å². The topological polar surface area (TPSA) is 26.3 Å². The van der Waals surface area contributed by atoms with Gasteiger partial charge in [0.1, 0.15) is 17.9 Å². The second kappa shape index (κ2) is 5.10. The van der Waals surface area contributed by atoms with E-state index in [1.807, 2.05) is 0 Å². The molecule has 0 unspecified atom stereocenters. The highest BCUT2D eigenvalue weighted by Gasteiger charge is 2.20. The number of rotatable bonds is 5. The van der Waals surface area contributed by atoms with Gasteiger partial charge in [-0.15, -0.1) is 0 Å². The quantitative estimate of drug-likeness (QED) is 0.716. The molecular weight excluding hydrogens is 207 g/mol. The lowest BCUT2D eigenvalue weighted by Crippen LogP contribution is -2.25. The van der Waals surface area contributed by atoms with Crippen LogP contribution in [0.5, 0.6) is 5.75 Å². The summed E-state index contributed by atoms with van der Waals surface area (Å²) in [6.45, 7) is 0. The minimum atomic E-state index is -0.276. The Morgan fingerprint density at radius 3 is 2.88 bits per heavy atom. The Kier molecular flexibility index (Phi) is 3.54. The fourth-order valence-electron chi connectivity index (χ4n) is 1.74. The van der Waals surface area contributed by atoms with Gasteiger partial charge in [-0.1, -0.05) is 0 Å². The SMILES string of the molecule is O=CCCc1cc(F)ccc1OC1CCC1. The lowest BCUT2D eigenvalue weighted by atomic mass is 9.96. The molecule has 1 aliphatic carbocycles. The van der Waals surface area contributed by atoms with Gasteiger partial charge in [-0.3, -0.25) is 0 Å². The number of aldehydes is 1. The Balaban J connectivity index is 2.10. The van der Waals surface area contributed by atoms with E-state index < -0.39 is 0 Å². The molecule has 1 aromatic carbocycles. The predicted molar refractivity (Wildman–Crippen MR) is 59.1 cm³/mol. The number of ether oxygens (including phenoxy) is 1. The molecule has 0 aliphatic heterocycles. The second-order valence-electron chi connectivity index (χ2n) is 4.13. The van der Waals surface area contributed by atoms with Crippen LogP contribution in [0.25, 0.3) is 0 Å². The summed E-state index contributed by atoms with van der Waals surface area (Å²) in [5, 5.41) is 0. The summed E-state index contributed by atoms with van der Waals surface area (Å²) in [6.07, 6.45) is 5.43. The molecular formula is C13H15FO2. The van der Waals surface area contributed by atoms with Crippen molar-refractivity contribution in [3.05, 3.63) is 29.6 Å². The van der Waals surface area contributed by atoms with Crippen LogP contribution in [0.4, 0.5) is 4.39 Å². The van der Waals surface area contributed by atoms with Gasteiger partial charge >= 0.3 is 0 Å². The van der Waals surface area contributed by atoms with Gasteiger partial charge < -0.3 is 9.53 Å². The molecule has 3 heteroatoms. The van der Waals surface area contributed by atoms with Crippen molar-refractivity contribution in [3.63, 3.8) is 0 Å². The van der Waals surface area contributed by atoms with E-state index in [0.29, 0.717) is 12.8 Å². The van der Waals surface area contributed by atoms with E-state index in [1.165, 1.54) is 18.6 Å². The average Bonchev–Trinajstić information content (AvgIpc) is 2.22. The maximum Gasteiger partial charge on any atom is 0.123 e. The van der Waals surface area contributed by atoms with E-state index in [4.69, 9.17) is 4.74 Å². The minimum Gasteiger partial charge on any atom is -0.490 e. The van der Waals surface area contributed by atoms with Crippen molar-refractivity contribution in [2.75, 3.05) is 0 Å². The molecule has 1 aliphatic rings. The van der Waals surface area contributed by atoms with E-state index in [0.717, 1.165) is 30.4 Å². The van der Waals surface area contributed by atoms with Gasteiger partial charge in [0, 0.05) is 6.42 Å². The standard InChI is InChI=1S/C13H15FO2/c14-11-6-7-13(16-12-4-1-5-12)10(9-11)3-2-8-15/h6-9,12H,1-5H2. The largest absolute Gasteiger partial charge is 0.490 e. The second-order valence-corrected chi connectivity index (χ2v) is 4.13. The molecule has 0 heterocycles. The molecule has 2 rings (SSSR count). The van der Waals surface area contributed by atoms with Gasteiger partial charge in [0.2, 0.25) is 0 Å². The van der Waals surface area contributed by atoms with Crippen LogP contribution in [0.15, 0.2) is 18.2 Å². The summed E-state index contributed by atoms with van der Waals surface area (Å²) in [4.78, 5) is 10.3. The van der Waals surface area contributed by atoms with Crippen LogP contribution in [0.3, 0.4) is 0 Å². The average molecular weight is 222 g/mol. The zero-order chi connectivity index (χ0) is 11.4. The number of benzene rings is 1. The van der Waals surface area contributed by atoms with Gasteiger partial charge in [-0.2, -0.15) is 0 Å². The van der Waals surface area contributed by atoms with Crippen LogP contribution < -0.4 is 4.74 Å². The van der Waals surface area contributed by atoms with Gasteiger partial charge in [-0.25, -0.2) is 4.39 Å². The van der Waals surface area contributed by atoms with E-state index in [9.17, 15) is 9.18 Å². The molecule has 2 nitrogen and oxygen atoms in total. The smallest absolute Gasteiger partial charge is 0.123 e. The number of hydrogen-bond donors (Lipinski definition) is 0. The van der Waals surface area contributed by atoms with Crippen LogP contribution in [0.1, 0.15) is 31.2 Å². The highest BCUT2D eigenvalue weighted by Crippen LogP contribution is 2.28. The zero-order valence-corrected chi connectivity index (χ0v) is 9.12. The van der Waals surface area contributed by atoms with Crippen molar-refractivity contribution < 1.29 is 13.9 Å². The summed E-state index contributed by atoms with van der Waals surface area (Å²) in [6, 6.07) is 4.52. The van der Waals surface area contributed by atoms with E-state index in [2.05, 4.69) is 0 Å². The lowest BCUT2D eigenvalue weighted by Gasteiger charge is -2.27. The van der Waals surface area contributed by atoms with Crippen molar-refractivity contribution in [2.24, 2.45) is 0 Å². The minimum absolute atomic E-state index is 0.276. The van der Waals surface area contributed by atoms with Crippen LogP contribution in [0, 0.1) is 5.82 Å². The van der Waals surface area contributed by atoms with Crippen molar-refractivity contribution >= 4 is 6.29 Å². The van der Waals surface area contributed by atoms with Crippen LogP contribution in [-0.2, 0) is 11.2 Å². The molecule has 0 radical (unpaired) electrons. The third-order valence-corrected chi connectivity index (χ3v) is 2.90. The van der Waals surface area contributed by atoms with Crippen molar-refractivity contribution in [2.45, 2.75) is 38.2 Å². The maximum absolute atomic E-state index is 13.1. The van der Waals surface area contributed by atoms with E-state index >= 15 is 0 Å². The Morgan fingerprint density at radius 2 is 2.25 bits per heavy atom. The fraction of sp³-hybridized carbons (Fsp3) is 0.462. The molecule has 0 atom stereocenters. The molecule has 0 N–H and O–H groups in total. The Hall–Kier alpha value is -1.38. The van der Waals surface area contributed by atoms with Crippen LogP contribution >= 0.6 is 0 Å². The Bertz CT molecular complexity index is 372. The molecule has 0 aromatic heterocycles. The number of carbonyl (C=O) groups excluding carboxylic acids is 1. The molecule has 1 saturated carbocycles. The molecule has 1 fully saturated rings. The molecule has 86 valence electrons. The molecule has 0 saturated heterocycles. The Labute approximate surface area is 94.4 Å². The Morgan fingerprint density at radius 1 is 1.44 bits per heavy atom. The predicted octanol–water partition coefficient (Wildman–Crippen LogP) is 2.89. The molecule has 0 spiro atoms. The molecule has 16 heavy (non-hydrogen) atoms. The maximum atomic E-state index is 13.1. The normalized spacial score (nSPS) is 15.6. The number of carbonyl (C=O) groups is 1. The van der Waals surface area contributed by atoms with Gasteiger partial charge in [0.15, 0.2) is 0 Å². The summed E-state index contributed by atoms with van der Waals surface area (Å²) in [5.41, 5.74) is 0.791. The number of halogens is 1. The van der Waals surface area contributed by atoms with E-state index in [-0.39, 0.29) is 11.9 Å². The highest BCUT2D eigenvalue weighted by molar-refractivity contribution is 5.51. The van der Waals surface area contributed by atoms with Crippen molar-refractivity contribution in [3.8, 4) is 5.75 Å². The first kappa shape index (κ1) is 11.1. The number of aryl methyl sites for hydroxylation is 1. The van der Waals surface area contributed by atoms with Gasteiger partial charge in [0.05, 0.1) is 6.10 Å². The van der Waals surface area contributed by atoms with Crippen LogP contribution in [-0.4, -0.2) is 12.4 Å². The van der Waals surface area contributed by atoms with Crippen LogP contribution in [0.2, 0.25) is 0 Å². The summed E-state index contributed by atoms with van der Waals surface area (Å²) < 4.78 is 18.8. The highest BCUT2D eigenvalue weighted by atomic mass is 19.1. The monoisotopic (exact) mass is 222 g/mol. The summed E-state index contributed by atoms with van der Waals surface area (Å²) >= 11 is 0. The summed E-state index contributed by atoms with van der Waals surface area (Å²) in [7, 11) is 0. The third-order valence-electron chi connectivity index (χ3n) is 2.90. The van der Waals surface area contributed by atoms with Crippen molar-refractivity contribution in [1.29, 1.82) is 0 Å². The molecule has 0 bridgehead atoms. The van der Waals surface area contributed by atoms with Gasteiger partial charge in [-0.05, 0) is 49.4 Å². The van der Waals surface area contributed by atoms with E-state index in [1.54, 1.807) is 6.07 Å². The zero-order valence-electron chi connectivity index (χ0n) is 9.12. The summed E-state index contributed by atoms with van der Waals surface area (Å²) in [5.74, 6) is 0.454.